The summed E-state index contributed by atoms with van der Waals surface area (Å²) < 4.78 is 0. The van der Waals surface area contributed by atoms with Gasteiger partial charge in [0.1, 0.15) is 0 Å². The van der Waals surface area contributed by atoms with Crippen molar-refractivity contribution in [3.8, 4) is 0 Å². The van der Waals surface area contributed by atoms with Gasteiger partial charge in [0, 0.05) is 19.1 Å². The Hall–Kier alpha value is -0.860. The lowest BCUT2D eigenvalue weighted by molar-refractivity contribution is 0.165. The molecule has 0 radical (unpaired) electrons. The Labute approximate surface area is 112 Å². The number of likely N-dealkylation sites (N-methyl/N-ethyl adjacent to an activating group) is 1. The van der Waals surface area contributed by atoms with Crippen molar-refractivity contribution in [2.45, 2.75) is 46.2 Å². The highest BCUT2D eigenvalue weighted by molar-refractivity contribution is 5.22. The summed E-state index contributed by atoms with van der Waals surface area (Å²) in [4.78, 5) is 2.41. The van der Waals surface area contributed by atoms with Crippen LogP contribution in [0.5, 0.6) is 0 Å². The van der Waals surface area contributed by atoms with Crippen LogP contribution in [0.3, 0.4) is 0 Å². The van der Waals surface area contributed by atoms with E-state index in [0.717, 1.165) is 13.1 Å². The van der Waals surface area contributed by atoms with Gasteiger partial charge in [-0.15, -0.1) is 0 Å². The van der Waals surface area contributed by atoms with E-state index in [1.165, 1.54) is 24.0 Å². The zero-order chi connectivity index (χ0) is 13.5. The minimum Gasteiger partial charge on any atom is -0.329 e. The van der Waals surface area contributed by atoms with Crippen LogP contribution in [0, 0.1) is 12.8 Å². The molecular weight excluding hydrogens is 220 g/mol. The van der Waals surface area contributed by atoms with Crippen LogP contribution in [0.2, 0.25) is 0 Å². The summed E-state index contributed by atoms with van der Waals surface area (Å²) >= 11 is 0. The van der Waals surface area contributed by atoms with Gasteiger partial charge in [-0.25, -0.2) is 0 Å². The second-order valence-electron chi connectivity index (χ2n) is 5.28. The fourth-order valence-electron chi connectivity index (χ4n) is 2.78. The summed E-state index contributed by atoms with van der Waals surface area (Å²) in [5.74, 6) is 0.699. The lowest BCUT2D eigenvalue weighted by Gasteiger charge is -2.33. The molecule has 0 amide bonds. The summed E-state index contributed by atoms with van der Waals surface area (Å²) in [6.45, 7) is 8.40. The molecule has 18 heavy (non-hydrogen) atoms. The summed E-state index contributed by atoms with van der Waals surface area (Å²) in [6, 6.07) is 9.22. The molecule has 0 aliphatic rings. The fourth-order valence-corrected chi connectivity index (χ4v) is 2.78. The minimum absolute atomic E-state index is 0.487. The number of hydrogen-bond acceptors (Lipinski definition) is 2. The van der Waals surface area contributed by atoms with Crippen LogP contribution in [-0.4, -0.2) is 24.5 Å². The molecule has 2 heteroatoms. The van der Waals surface area contributed by atoms with E-state index in [1.54, 1.807) is 0 Å². The topological polar surface area (TPSA) is 29.3 Å². The number of hydrogen-bond donors (Lipinski definition) is 1. The molecule has 2 N–H and O–H groups in total. The lowest BCUT2D eigenvalue weighted by Crippen LogP contribution is -2.42. The molecule has 0 spiro atoms. The van der Waals surface area contributed by atoms with Crippen LogP contribution in [-0.2, 0) is 6.54 Å². The van der Waals surface area contributed by atoms with Crippen molar-refractivity contribution >= 4 is 0 Å². The first-order valence-corrected chi connectivity index (χ1v) is 7.08. The predicted molar refractivity (Wildman–Crippen MR) is 79.6 cm³/mol. The van der Waals surface area contributed by atoms with Crippen molar-refractivity contribution in [3.05, 3.63) is 35.4 Å². The Morgan fingerprint density at radius 2 is 1.89 bits per heavy atom. The Balaban J connectivity index is 2.70. The zero-order valence-electron chi connectivity index (χ0n) is 12.3. The molecule has 102 valence electrons. The summed E-state index contributed by atoms with van der Waals surface area (Å²) in [5, 5.41) is 0. The predicted octanol–water partition coefficient (Wildman–Crippen LogP) is 3.19. The first-order chi connectivity index (χ1) is 8.62. The van der Waals surface area contributed by atoms with E-state index in [1.807, 2.05) is 0 Å². The number of aryl methyl sites for hydroxylation is 1. The molecule has 0 fully saturated rings. The molecule has 1 unspecified atom stereocenters. The first-order valence-electron chi connectivity index (χ1n) is 7.08. The lowest BCUT2D eigenvalue weighted by atomic mass is 9.93. The summed E-state index contributed by atoms with van der Waals surface area (Å²) in [6.07, 6.45) is 2.41. The monoisotopic (exact) mass is 248 g/mol. The molecule has 1 rings (SSSR count). The number of nitrogens with two attached hydrogens (primary N) is 1. The maximum absolute atomic E-state index is 5.97. The van der Waals surface area contributed by atoms with Crippen LogP contribution in [0.25, 0.3) is 0 Å². The van der Waals surface area contributed by atoms with E-state index < -0.39 is 0 Å². The van der Waals surface area contributed by atoms with Crippen molar-refractivity contribution in [1.29, 1.82) is 0 Å². The smallest absolute Gasteiger partial charge is 0.0246 e. The van der Waals surface area contributed by atoms with Crippen molar-refractivity contribution in [1.82, 2.24) is 4.90 Å². The molecule has 0 heterocycles. The normalized spacial score (nSPS) is 13.3. The molecule has 1 atom stereocenters. The second kappa shape index (κ2) is 7.55. The standard InChI is InChI=1S/C16H28N2/c1-5-15(6-2)16(11-17)18(4)12-14-9-7-8-13(3)10-14/h7-10,15-16H,5-6,11-12,17H2,1-4H3. The molecule has 1 aromatic rings. The van der Waals surface area contributed by atoms with Crippen LogP contribution in [0.1, 0.15) is 37.8 Å². The van der Waals surface area contributed by atoms with Gasteiger partial charge in [-0.3, -0.25) is 4.90 Å². The molecule has 2 nitrogen and oxygen atoms in total. The van der Waals surface area contributed by atoms with E-state index in [0.29, 0.717) is 12.0 Å². The summed E-state index contributed by atoms with van der Waals surface area (Å²) in [5.41, 5.74) is 8.67. The van der Waals surface area contributed by atoms with Gasteiger partial charge in [0.25, 0.3) is 0 Å². The van der Waals surface area contributed by atoms with Crippen LogP contribution < -0.4 is 5.73 Å². The van der Waals surface area contributed by atoms with Crippen LogP contribution in [0.15, 0.2) is 24.3 Å². The number of benzene rings is 1. The van der Waals surface area contributed by atoms with Gasteiger partial charge in [0.2, 0.25) is 0 Å². The molecule has 0 saturated heterocycles. The highest BCUT2D eigenvalue weighted by Gasteiger charge is 2.21. The van der Waals surface area contributed by atoms with Gasteiger partial charge in [0.15, 0.2) is 0 Å². The molecule has 0 aliphatic carbocycles. The maximum atomic E-state index is 5.97. The Bertz CT molecular complexity index is 345. The van der Waals surface area contributed by atoms with Crippen molar-refractivity contribution < 1.29 is 0 Å². The molecule has 0 aliphatic heterocycles. The van der Waals surface area contributed by atoms with Crippen LogP contribution >= 0.6 is 0 Å². The van der Waals surface area contributed by atoms with Crippen LogP contribution in [0.4, 0.5) is 0 Å². The van der Waals surface area contributed by atoms with Crippen molar-refractivity contribution in [2.24, 2.45) is 11.7 Å². The quantitative estimate of drug-likeness (QED) is 0.803. The van der Waals surface area contributed by atoms with Crippen molar-refractivity contribution in [2.75, 3.05) is 13.6 Å². The van der Waals surface area contributed by atoms with E-state index in [4.69, 9.17) is 5.73 Å². The second-order valence-corrected chi connectivity index (χ2v) is 5.28. The summed E-state index contributed by atoms with van der Waals surface area (Å²) in [7, 11) is 2.19. The molecular formula is C16H28N2. The van der Waals surface area contributed by atoms with Gasteiger partial charge in [0.05, 0.1) is 0 Å². The highest BCUT2D eigenvalue weighted by Crippen LogP contribution is 2.19. The van der Waals surface area contributed by atoms with E-state index in [-0.39, 0.29) is 0 Å². The molecule has 0 saturated carbocycles. The van der Waals surface area contributed by atoms with Gasteiger partial charge < -0.3 is 5.73 Å². The number of rotatable bonds is 7. The van der Waals surface area contributed by atoms with Gasteiger partial charge >= 0.3 is 0 Å². The average Bonchev–Trinajstić information content (AvgIpc) is 2.35. The third-order valence-corrected chi connectivity index (χ3v) is 3.92. The molecule has 0 bridgehead atoms. The van der Waals surface area contributed by atoms with Gasteiger partial charge in [-0.05, 0) is 25.5 Å². The van der Waals surface area contributed by atoms with E-state index >= 15 is 0 Å². The third-order valence-electron chi connectivity index (χ3n) is 3.92. The minimum atomic E-state index is 0.487. The Kier molecular flexibility index (Phi) is 6.37. The number of nitrogens with zero attached hydrogens (tertiary/aromatic N) is 1. The SMILES string of the molecule is CCC(CC)C(CN)N(C)Cc1cccc(C)c1. The zero-order valence-corrected chi connectivity index (χ0v) is 12.3. The average molecular weight is 248 g/mol. The maximum Gasteiger partial charge on any atom is 0.0246 e. The molecule has 1 aromatic carbocycles. The molecule has 0 aromatic heterocycles. The highest BCUT2D eigenvalue weighted by atomic mass is 15.1. The fraction of sp³-hybridized carbons (Fsp3) is 0.625. The Morgan fingerprint density at radius 1 is 1.22 bits per heavy atom. The third kappa shape index (κ3) is 4.11. The van der Waals surface area contributed by atoms with Gasteiger partial charge in [-0.1, -0.05) is 56.5 Å². The largest absolute Gasteiger partial charge is 0.329 e. The van der Waals surface area contributed by atoms with E-state index in [9.17, 15) is 0 Å². The first kappa shape index (κ1) is 15.2. The van der Waals surface area contributed by atoms with E-state index in [2.05, 4.69) is 57.0 Å². The Morgan fingerprint density at radius 3 is 2.39 bits per heavy atom. The van der Waals surface area contributed by atoms with Gasteiger partial charge in [-0.2, -0.15) is 0 Å². The van der Waals surface area contributed by atoms with Crippen molar-refractivity contribution in [3.63, 3.8) is 0 Å².